The van der Waals surface area contributed by atoms with Gasteiger partial charge < -0.3 is 14.5 Å². The number of rotatable bonds is 8. The molecule has 7 aromatic carbocycles. The Hall–Kier alpha value is -7.11. The van der Waals surface area contributed by atoms with E-state index in [4.69, 9.17) is 9.72 Å². The summed E-state index contributed by atoms with van der Waals surface area (Å²) >= 11 is 0. The van der Waals surface area contributed by atoms with E-state index in [0.717, 1.165) is 39.4 Å². The van der Waals surface area contributed by atoms with Crippen molar-refractivity contribution < 1.29 is 4.74 Å². The summed E-state index contributed by atoms with van der Waals surface area (Å²) in [5.41, 5.74) is 15.3. The Morgan fingerprint density at radius 1 is 0.412 bits per heavy atom. The Morgan fingerprint density at radius 3 is 1.79 bits per heavy atom. The van der Waals surface area contributed by atoms with Crippen LogP contribution in [-0.4, -0.2) is 16.2 Å². The van der Waals surface area contributed by atoms with E-state index >= 15 is 0 Å². The van der Waals surface area contributed by atoms with Crippen molar-refractivity contribution in [2.75, 3.05) is 16.5 Å². The highest BCUT2D eigenvalue weighted by Gasteiger charge is 2.32. The van der Waals surface area contributed by atoms with Gasteiger partial charge in [0.2, 0.25) is 0 Å². The molecule has 0 saturated heterocycles. The zero-order valence-corrected chi connectivity index (χ0v) is 41.6. The van der Waals surface area contributed by atoms with Gasteiger partial charge in [0.15, 0.2) is 0 Å². The molecule has 0 amide bonds. The number of pyridine rings is 1. The van der Waals surface area contributed by atoms with Gasteiger partial charge in [0.25, 0.3) is 0 Å². The maximum Gasteiger partial charge on any atom is 0.137 e. The molecule has 0 saturated carbocycles. The van der Waals surface area contributed by atoms with Crippen LogP contribution in [0.2, 0.25) is 0 Å². The molecule has 1 aliphatic heterocycles. The maximum absolute atomic E-state index is 6.91. The molecule has 9 aromatic rings. The summed E-state index contributed by atoms with van der Waals surface area (Å²) in [7, 11) is 0. The molecule has 68 heavy (non-hydrogen) atoms. The summed E-state index contributed by atoms with van der Waals surface area (Å²) < 4.78 is 9.22. The van der Waals surface area contributed by atoms with E-state index in [2.05, 4.69) is 260 Å². The van der Waals surface area contributed by atoms with Crippen LogP contribution in [0.5, 0.6) is 11.5 Å². The Balaban J connectivity index is 1.05. The van der Waals surface area contributed by atoms with Crippen LogP contribution in [0.15, 0.2) is 176 Å². The Bertz CT molecular complexity index is 3320. The van der Waals surface area contributed by atoms with Gasteiger partial charge in [0, 0.05) is 45.9 Å². The first-order valence-electron chi connectivity index (χ1n) is 24.1. The smallest absolute Gasteiger partial charge is 0.137 e. The van der Waals surface area contributed by atoms with Crippen molar-refractivity contribution >= 4 is 44.6 Å². The fourth-order valence-corrected chi connectivity index (χ4v) is 9.75. The molecule has 0 radical (unpaired) electrons. The molecule has 0 aliphatic carbocycles. The lowest BCUT2D eigenvalue weighted by atomic mass is 9.78. The fourth-order valence-electron chi connectivity index (χ4n) is 9.75. The van der Waals surface area contributed by atoms with Crippen LogP contribution < -0.4 is 14.5 Å². The second kappa shape index (κ2) is 16.6. The van der Waals surface area contributed by atoms with Gasteiger partial charge in [-0.25, -0.2) is 4.98 Å². The summed E-state index contributed by atoms with van der Waals surface area (Å²) in [5, 5.41) is 2.35. The van der Waals surface area contributed by atoms with E-state index in [0.29, 0.717) is 6.67 Å². The number of nitrogens with zero attached hydrogens (tertiary/aromatic N) is 4. The predicted octanol–water partition coefficient (Wildman–Crippen LogP) is 17.1. The Kier molecular flexibility index (Phi) is 10.9. The molecular formula is C63H64N4O. The van der Waals surface area contributed by atoms with Crippen LogP contribution in [0.4, 0.5) is 22.7 Å². The zero-order chi connectivity index (χ0) is 47.8. The first-order chi connectivity index (χ1) is 32.3. The van der Waals surface area contributed by atoms with Crippen LogP contribution in [0.1, 0.15) is 104 Å². The SMILES string of the molecule is CC(C)(C)c1cc(-c2ccccc2)cc(N2CN(c3cccc(Oc4ccc5c6cc(C(C)(C)c7ccccc7)ccc6n(-c6cc(C(C)(C)C)ccn6)c5c4)c3)c3cc(C(C)(C)C)ccc32)c1. The van der Waals surface area contributed by atoms with Crippen molar-refractivity contribution in [3.05, 3.63) is 204 Å². The highest BCUT2D eigenvalue weighted by atomic mass is 16.5. The van der Waals surface area contributed by atoms with E-state index in [1.807, 2.05) is 6.20 Å². The summed E-state index contributed by atoms with van der Waals surface area (Å²) in [6, 6.07) is 62.0. The molecule has 0 unspecified atom stereocenters. The third kappa shape index (κ3) is 8.33. The molecule has 0 fully saturated rings. The molecule has 1 aliphatic rings. The molecule has 10 rings (SSSR count). The fraction of sp³-hybridized carbons (Fsp3) is 0.254. The Morgan fingerprint density at radius 2 is 1.07 bits per heavy atom. The first-order valence-corrected chi connectivity index (χ1v) is 24.1. The van der Waals surface area contributed by atoms with Gasteiger partial charge in [0.05, 0.1) is 22.4 Å². The average molecular weight is 893 g/mol. The summed E-state index contributed by atoms with van der Waals surface area (Å²) in [6.07, 6.45) is 1.94. The molecule has 0 spiro atoms. The minimum absolute atomic E-state index is 0.0178. The summed E-state index contributed by atoms with van der Waals surface area (Å²) in [4.78, 5) is 9.91. The van der Waals surface area contributed by atoms with E-state index in [9.17, 15) is 0 Å². The van der Waals surface area contributed by atoms with Gasteiger partial charge in [-0.05, 0) is 128 Å². The van der Waals surface area contributed by atoms with Crippen molar-refractivity contribution in [1.82, 2.24) is 9.55 Å². The third-order valence-corrected chi connectivity index (χ3v) is 14.1. The number of hydrogen-bond donors (Lipinski definition) is 0. The number of ether oxygens (including phenoxy) is 1. The highest BCUT2D eigenvalue weighted by molar-refractivity contribution is 6.10. The summed E-state index contributed by atoms with van der Waals surface area (Å²) in [6.45, 7) is 25.8. The van der Waals surface area contributed by atoms with Crippen molar-refractivity contribution in [1.29, 1.82) is 0 Å². The number of benzene rings is 7. The average Bonchev–Trinajstić information content (AvgIpc) is 3.87. The lowest BCUT2D eigenvalue weighted by Crippen LogP contribution is -2.24. The molecule has 0 atom stereocenters. The molecular weight excluding hydrogens is 829 g/mol. The largest absolute Gasteiger partial charge is 0.457 e. The van der Waals surface area contributed by atoms with Gasteiger partial charge in [-0.3, -0.25) is 4.57 Å². The van der Waals surface area contributed by atoms with E-state index in [-0.39, 0.29) is 21.7 Å². The molecule has 0 bridgehead atoms. The maximum atomic E-state index is 6.91. The molecule has 0 N–H and O–H groups in total. The van der Waals surface area contributed by atoms with E-state index in [1.165, 1.54) is 61.4 Å². The monoisotopic (exact) mass is 893 g/mol. The van der Waals surface area contributed by atoms with E-state index < -0.39 is 0 Å². The lowest BCUT2D eigenvalue weighted by molar-refractivity contribution is 0.483. The van der Waals surface area contributed by atoms with Crippen LogP contribution in [0.25, 0.3) is 38.8 Å². The topological polar surface area (TPSA) is 33.5 Å². The highest BCUT2D eigenvalue weighted by Crippen LogP contribution is 2.48. The number of anilines is 4. The quantitative estimate of drug-likeness (QED) is 0.152. The number of fused-ring (bicyclic) bond motifs is 4. The third-order valence-electron chi connectivity index (χ3n) is 14.1. The van der Waals surface area contributed by atoms with E-state index in [1.54, 1.807) is 0 Å². The Labute approximate surface area is 403 Å². The molecule has 5 nitrogen and oxygen atoms in total. The van der Waals surface area contributed by atoms with Gasteiger partial charge in [-0.1, -0.05) is 161 Å². The van der Waals surface area contributed by atoms with Crippen molar-refractivity contribution in [3.8, 4) is 28.4 Å². The molecule has 2 aromatic heterocycles. The van der Waals surface area contributed by atoms with Crippen molar-refractivity contribution in [2.45, 2.75) is 97.8 Å². The zero-order valence-electron chi connectivity index (χ0n) is 41.6. The second-order valence-corrected chi connectivity index (χ2v) is 22.3. The predicted molar refractivity (Wildman–Crippen MR) is 287 cm³/mol. The minimum atomic E-state index is -0.189. The second-order valence-electron chi connectivity index (χ2n) is 22.3. The van der Waals surface area contributed by atoms with Crippen LogP contribution in [0, 0.1) is 0 Å². The molecule has 3 heterocycles. The first kappa shape index (κ1) is 44.7. The number of aromatic nitrogens is 2. The lowest BCUT2D eigenvalue weighted by Gasteiger charge is -2.26. The minimum Gasteiger partial charge on any atom is -0.457 e. The van der Waals surface area contributed by atoms with Crippen LogP contribution in [0.3, 0.4) is 0 Å². The van der Waals surface area contributed by atoms with Gasteiger partial charge in [-0.15, -0.1) is 0 Å². The molecule has 342 valence electrons. The summed E-state index contributed by atoms with van der Waals surface area (Å²) in [5.74, 6) is 2.43. The van der Waals surface area contributed by atoms with Gasteiger partial charge in [-0.2, -0.15) is 0 Å². The molecule has 5 heteroatoms. The number of hydrogen-bond acceptors (Lipinski definition) is 4. The van der Waals surface area contributed by atoms with Gasteiger partial charge >= 0.3 is 0 Å². The van der Waals surface area contributed by atoms with Crippen LogP contribution in [-0.2, 0) is 21.7 Å². The van der Waals surface area contributed by atoms with Crippen molar-refractivity contribution in [3.63, 3.8) is 0 Å². The standard InChI is InChI=1S/C63H64N4O/c1-60(2,3)45-25-30-56-58(37-45)65(41-66(56)50-34-43(42-19-14-12-15-20-42)33-48(35-50)62(7,8)9)49-23-18-24-51(39-49)68-52-27-28-53-54-36-47(63(10,11)44-21-16-13-17-22-44)26-29-55(54)67(57(53)40-52)59-38-46(31-32-64-59)61(4,5)6/h12-40H,41H2,1-11H3. The van der Waals surface area contributed by atoms with Crippen molar-refractivity contribution in [2.24, 2.45) is 0 Å². The van der Waals surface area contributed by atoms with Crippen LogP contribution >= 0.6 is 0 Å². The van der Waals surface area contributed by atoms with Gasteiger partial charge in [0.1, 0.15) is 24.0 Å². The normalized spacial score (nSPS) is 13.4.